The number of aromatic nitrogens is 3. The molecule has 8 nitrogen and oxygen atoms in total. The number of nitrogens with zero attached hydrogens (tertiary/aromatic N) is 3. The van der Waals surface area contributed by atoms with Crippen molar-refractivity contribution in [3.05, 3.63) is 63.5 Å². The normalized spacial score (nSPS) is 11.4. The van der Waals surface area contributed by atoms with Crippen molar-refractivity contribution in [3.63, 3.8) is 0 Å². The van der Waals surface area contributed by atoms with Crippen molar-refractivity contribution in [2.75, 3.05) is 10.5 Å². The predicted octanol–water partition coefficient (Wildman–Crippen LogP) is 4.14. The van der Waals surface area contributed by atoms with Crippen LogP contribution in [0.5, 0.6) is 11.8 Å². The Morgan fingerprint density at radius 1 is 1.19 bits per heavy atom. The molecule has 1 aromatic carbocycles. The van der Waals surface area contributed by atoms with E-state index >= 15 is 0 Å². The highest BCUT2D eigenvalue weighted by Gasteiger charge is 2.16. The van der Waals surface area contributed by atoms with E-state index in [9.17, 15) is 13.2 Å². The molecule has 0 aliphatic carbocycles. The lowest BCUT2D eigenvalue weighted by molar-refractivity contribution is 0.440. The zero-order valence-corrected chi connectivity index (χ0v) is 19.0. The fraction of sp³-hybridized carbons (Fsp3) is 0.286. The van der Waals surface area contributed by atoms with E-state index in [-0.39, 0.29) is 23.1 Å². The lowest BCUT2D eigenvalue weighted by Gasteiger charge is -2.13. The molecule has 2 heterocycles. The molecule has 3 aromatic rings. The van der Waals surface area contributed by atoms with E-state index in [1.165, 1.54) is 16.7 Å². The van der Waals surface area contributed by atoms with Crippen LogP contribution in [-0.4, -0.2) is 28.7 Å². The zero-order valence-electron chi connectivity index (χ0n) is 17.4. The first kappa shape index (κ1) is 22.8. The number of sulfonamides is 1. The maximum atomic E-state index is 12.4. The summed E-state index contributed by atoms with van der Waals surface area (Å²) < 4.78 is 34.5. The van der Waals surface area contributed by atoms with Crippen molar-refractivity contribution < 1.29 is 13.2 Å². The van der Waals surface area contributed by atoms with Gasteiger partial charge >= 0.3 is 6.01 Å². The van der Waals surface area contributed by atoms with Crippen LogP contribution in [0.15, 0.2) is 47.4 Å². The van der Waals surface area contributed by atoms with E-state index in [0.717, 1.165) is 12.0 Å². The number of benzene rings is 1. The molecule has 0 saturated heterocycles. The fourth-order valence-corrected chi connectivity index (χ4v) is 4.25. The number of halogens is 1. The van der Waals surface area contributed by atoms with Crippen molar-refractivity contribution >= 4 is 27.4 Å². The Labute approximate surface area is 185 Å². The van der Waals surface area contributed by atoms with Gasteiger partial charge in [0.2, 0.25) is 15.6 Å². The van der Waals surface area contributed by atoms with Crippen LogP contribution >= 0.6 is 11.6 Å². The Hall–Kier alpha value is -2.91. The Morgan fingerprint density at radius 3 is 2.65 bits per heavy atom. The second-order valence-corrected chi connectivity index (χ2v) is 9.30. The summed E-state index contributed by atoms with van der Waals surface area (Å²) in [4.78, 5) is 20.4. The summed E-state index contributed by atoms with van der Waals surface area (Å²) in [5.41, 5.74) is 1.58. The first-order valence-corrected chi connectivity index (χ1v) is 11.7. The zero-order chi connectivity index (χ0) is 22.6. The summed E-state index contributed by atoms with van der Waals surface area (Å²) in [6.45, 7) is 3.74. The monoisotopic (exact) mass is 462 g/mol. The van der Waals surface area contributed by atoms with E-state index in [1.54, 1.807) is 31.4 Å². The Bertz CT molecular complexity index is 1240. The van der Waals surface area contributed by atoms with Gasteiger partial charge in [-0.25, -0.2) is 8.42 Å². The van der Waals surface area contributed by atoms with Crippen molar-refractivity contribution in [2.45, 2.75) is 26.7 Å². The van der Waals surface area contributed by atoms with Crippen LogP contribution in [0.4, 0.5) is 5.82 Å². The van der Waals surface area contributed by atoms with E-state index < -0.39 is 10.0 Å². The van der Waals surface area contributed by atoms with Crippen LogP contribution in [0.1, 0.15) is 25.3 Å². The predicted molar refractivity (Wildman–Crippen MR) is 121 cm³/mol. The molecule has 0 aliphatic rings. The minimum Gasteiger partial charge on any atom is -0.422 e. The molecule has 3 rings (SSSR count). The number of rotatable bonds is 8. The molecule has 0 radical (unpaired) electrons. The molecule has 0 atom stereocenters. The molecule has 10 heteroatoms. The SMILES string of the molecule is CCCCS(=O)(=O)Nc1cc(-c2ccc(=O)n(C)c2)nc(Oc2c(C)cccc2Cl)n1. The number of para-hydroxylation sites is 1. The second-order valence-electron chi connectivity index (χ2n) is 7.05. The summed E-state index contributed by atoms with van der Waals surface area (Å²) in [5, 5.41) is 0.376. The van der Waals surface area contributed by atoms with E-state index in [1.807, 2.05) is 19.9 Å². The van der Waals surface area contributed by atoms with Gasteiger partial charge in [0.1, 0.15) is 5.82 Å². The molecule has 0 aliphatic heterocycles. The van der Waals surface area contributed by atoms with Crippen LogP contribution in [0, 0.1) is 6.92 Å². The number of pyridine rings is 1. The molecule has 0 spiro atoms. The van der Waals surface area contributed by atoms with E-state index in [2.05, 4.69) is 14.7 Å². The number of aryl methyl sites for hydroxylation is 2. The van der Waals surface area contributed by atoms with Gasteiger partial charge in [-0.2, -0.15) is 9.97 Å². The molecule has 0 unspecified atom stereocenters. The highest BCUT2D eigenvalue weighted by atomic mass is 35.5. The largest absolute Gasteiger partial charge is 0.422 e. The first-order chi connectivity index (χ1) is 14.7. The number of unbranched alkanes of at least 4 members (excludes halogenated alkanes) is 1. The molecule has 0 bridgehead atoms. The van der Waals surface area contributed by atoms with E-state index in [4.69, 9.17) is 16.3 Å². The maximum Gasteiger partial charge on any atom is 0.324 e. The lowest BCUT2D eigenvalue weighted by Crippen LogP contribution is -2.18. The van der Waals surface area contributed by atoms with E-state index in [0.29, 0.717) is 28.5 Å². The topological polar surface area (TPSA) is 103 Å². The number of hydrogen-bond donors (Lipinski definition) is 1. The third-order valence-electron chi connectivity index (χ3n) is 4.47. The van der Waals surface area contributed by atoms with Crippen molar-refractivity contribution in [3.8, 4) is 23.0 Å². The summed E-state index contributed by atoms with van der Waals surface area (Å²) in [6, 6.07) is 9.72. The van der Waals surface area contributed by atoms with Gasteiger partial charge in [-0.3, -0.25) is 9.52 Å². The Kier molecular flexibility index (Phi) is 6.97. The molecular formula is C21H23ClN4O4S. The summed E-state index contributed by atoms with van der Waals surface area (Å²) in [5.74, 6) is 0.416. The van der Waals surface area contributed by atoms with Gasteiger partial charge in [0, 0.05) is 30.9 Å². The highest BCUT2D eigenvalue weighted by Crippen LogP contribution is 2.32. The van der Waals surface area contributed by atoms with Gasteiger partial charge in [0.25, 0.3) is 0 Å². The van der Waals surface area contributed by atoms with Crippen molar-refractivity contribution in [1.82, 2.24) is 14.5 Å². The smallest absolute Gasteiger partial charge is 0.324 e. The van der Waals surface area contributed by atoms with Crippen LogP contribution in [0.2, 0.25) is 5.02 Å². The highest BCUT2D eigenvalue weighted by molar-refractivity contribution is 7.92. The summed E-state index contributed by atoms with van der Waals surface area (Å²) in [7, 11) is -1.98. The third kappa shape index (κ3) is 5.83. The molecule has 0 fully saturated rings. The molecule has 2 aromatic heterocycles. The van der Waals surface area contributed by atoms with Gasteiger partial charge in [-0.15, -0.1) is 0 Å². The van der Waals surface area contributed by atoms with Gasteiger partial charge < -0.3 is 9.30 Å². The molecule has 164 valence electrons. The number of ether oxygens (including phenoxy) is 1. The molecule has 0 saturated carbocycles. The van der Waals surface area contributed by atoms with Gasteiger partial charge in [0.15, 0.2) is 5.75 Å². The Balaban J connectivity index is 2.07. The quantitative estimate of drug-likeness (QED) is 0.539. The minimum atomic E-state index is -3.59. The molecule has 31 heavy (non-hydrogen) atoms. The standard InChI is InChI=1S/C21H23ClN4O4S/c1-4-5-11-31(28,29)25-18-12-17(15-9-10-19(27)26(3)13-15)23-21(24-18)30-20-14(2)7-6-8-16(20)22/h6-10,12-13H,4-5,11H2,1-3H3,(H,23,24,25). The van der Waals surface area contributed by atoms with Gasteiger partial charge in [-0.05, 0) is 31.0 Å². The lowest BCUT2D eigenvalue weighted by atomic mass is 10.2. The number of hydrogen-bond acceptors (Lipinski definition) is 6. The maximum absolute atomic E-state index is 12.4. The Morgan fingerprint density at radius 2 is 1.97 bits per heavy atom. The van der Waals surface area contributed by atoms with Crippen LogP contribution < -0.4 is 15.0 Å². The molecule has 0 amide bonds. The van der Waals surface area contributed by atoms with Crippen LogP contribution in [0.3, 0.4) is 0 Å². The summed E-state index contributed by atoms with van der Waals surface area (Å²) >= 11 is 6.25. The van der Waals surface area contributed by atoms with Crippen LogP contribution in [-0.2, 0) is 17.1 Å². The third-order valence-corrected chi connectivity index (χ3v) is 6.12. The second kappa shape index (κ2) is 9.49. The van der Waals surface area contributed by atoms with Gasteiger partial charge in [-0.1, -0.05) is 37.1 Å². The molecular weight excluding hydrogens is 440 g/mol. The number of anilines is 1. The minimum absolute atomic E-state index is 0.0253. The molecule has 1 N–H and O–H groups in total. The van der Waals surface area contributed by atoms with Crippen molar-refractivity contribution in [1.29, 1.82) is 0 Å². The number of nitrogens with one attached hydrogen (secondary N) is 1. The average Bonchev–Trinajstić information content (AvgIpc) is 2.71. The summed E-state index contributed by atoms with van der Waals surface area (Å²) in [6.07, 6.45) is 2.87. The first-order valence-electron chi connectivity index (χ1n) is 9.68. The van der Waals surface area contributed by atoms with Gasteiger partial charge in [0.05, 0.1) is 16.5 Å². The van der Waals surface area contributed by atoms with Crippen LogP contribution in [0.25, 0.3) is 11.3 Å². The fourth-order valence-electron chi connectivity index (χ4n) is 2.80. The average molecular weight is 463 g/mol. The van der Waals surface area contributed by atoms with Crippen molar-refractivity contribution in [2.24, 2.45) is 7.05 Å².